The average molecular weight is 310 g/mol. The summed E-state index contributed by atoms with van der Waals surface area (Å²) in [6, 6.07) is 4.55. The molecule has 8 heteroatoms. The maximum Gasteiger partial charge on any atom is 0.421 e. The highest BCUT2D eigenvalue weighted by molar-refractivity contribution is 7.90. The number of carbonyl (C=O) groups is 1. The molecule has 0 saturated heterocycles. The minimum absolute atomic E-state index is 0.0182. The van der Waals surface area contributed by atoms with Crippen LogP contribution in [0.5, 0.6) is 0 Å². The molecule has 1 aromatic heterocycles. The van der Waals surface area contributed by atoms with Crippen molar-refractivity contribution in [3.63, 3.8) is 0 Å². The van der Waals surface area contributed by atoms with E-state index in [-0.39, 0.29) is 4.90 Å². The largest absolute Gasteiger partial charge is 0.452 e. The standard InChI is InChI=1S/C13H14N2O5S/c1-9-4-5-11(8-10(9)2)21(18,19)15-7-6-14(12(15)16)13(17)20-3/h4-8H,1-3H3. The zero-order valence-electron chi connectivity index (χ0n) is 11.7. The van der Waals surface area contributed by atoms with Crippen LogP contribution in [0.25, 0.3) is 0 Å². The van der Waals surface area contributed by atoms with Crippen LogP contribution < -0.4 is 5.69 Å². The third-order valence-electron chi connectivity index (χ3n) is 3.15. The van der Waals surface area contributed by atoms with Crippen molar-refractivity contribution in [2.75, 3.05) is 7.11 Å². The molecule has 7 nitrogen and oxygen atoms in total. The van der Waals surface area contributed by atoms with Gasteiger partial charge in [-0.3, -0.25) is 0 Å². The molecule has 0 saturated carbocycles. The lowest BCUT2D eigenvalue weighted by atomic mass is 10.1. The molecule has 0 bridgehead atoms. The summed E-state index contributed by atoms with van der Waals surface area (Å²) in [5.74, 6) is 0. The average Bonchev–Trinajstić information content (AvgIpc) is 2.83. The number of benzene rings is 1. The number of carbonyl (C=O) groups excluding carboxylic acids is 1. The Labute approximate surface area is 121 Å². The van der Waals surface area contributed by atoms with Crippen LogP contribution in [0, 0.1) is 13.8 Å². The highest BCUT2D eigenvalue weighted by atomic mass is 32.2. The number of methoxy groups -OCH3 is 1. The molecule has 112 valence electrons. The Hall–Kier alpha value is -2.35. The molecule has 0 aliphatic carbocycles. The Bertz CT molecular complexity index is 861. The zero-order valence-corrected chi connectivity index (χ0v) is 12.5. The van der Waals surface area contributed by atoms with Gasteiger partial charge in [-0.05, 0) is 37.1 Å². The first-order valence-electron chi connectivity index (χ1n) is 6.00. The molecule has 0 fully saturated rings. The van der Waals surface area contributed by atoms with E-state index in [9.17, 15) is 18.0 Å². The van der Waals surface area contributed by atoms with E-state index >= 15 is 0 Å². The van der Waals surface area contributed by atoms with Crippen LogP contribution in [0.1, 0.15) is 11.1 Å². The van der Waals surface area contributed by atoms with Crippen LogP contribution in [-0.2, 0) is 14.8 Å². The monoisotopic (exact) mass is 310 g/mol. The van der Waals surface area contributed by atoms with E-state index in [4.69, 9.17) is 0 Å². The number of imidazole rings is 1. The maximum atomic E-state index is 12.4. The summed E-state index contributed by atoms with van der Waals surface area (Å²) in [6.07, 6.45) is 1.12. The number of ether oxygens (including phenoxy) is 1. The van der Waals surface area contributed by atoms with E-state index in [1.807, 2.05) is 6.92 Å². The van der Waals surface area contributed by atoms with Gasteiger partial charge in [-0.25, -0.2) is 22.6 Å². The predicted octanol–water partition coefficient (Wildman–Crippen LogP) is 1.12. The van der Waals surface area contributed by atoms with E-state index in [0.717, 1.165) is 30.6 Å². The number of aromatic nitrogens is 2. The van der Waals surface area contributed by atoms with Crippen molar-refractivity contribution in [1.29, 1.82) is 0 Å². The minimum Gasteiger partial charge on any atom is -0.452 e. The molecular weight excluding hydrogens is 296 g/mol. The van der Waals surface area contributed by atoms with E-state index in [0.29, 0.717) is 8.54 Å². The van der Waals surface area contributed by atoms with Crippen molar-refractivity contribution in [2.45, 2.75) is 18.7 Å². The fraction of sp³-hybridized carbons (Fsp3) is 0.231. The SMILES string of the molecule is COC(=O)n1ccn(S(=O)(=O)c2ccc(C)c(C)c2)c1=O. The fourth-order valence-electron chi connectivity index (χ4n) is 1.77. The van der Waals surface area contributed by atoms with Gasteiger partial charge in [-0.15, -0.1) is 0 Å². The smallest absolute Gasteiger partial charge is 0.421 e. The second kappa shape index (κ2) is 5.21. The molecule has 0 amide bonds. The maximum absolute atomic E-state index is 12.4. The minimum atomic E-state index is -4.05. The van der Waals surface area contributed by atoms with Crippen molar-refractivity contribution in [3.05, 3.63) is 52.2 Å². The molecule has 21 heavy (non-hydrogen) atoms. The number of nitrogens with zero attached hydrogens (tertiary/aromatic N) is 2. The molecule has 1 heterocycles. The molecule has 0 spiro atoms. The van der Waals surface area contributed by atoms with Gasteiger partial charge in [0.2, 0.25) is 0 Å². The predicted molar refractivity (Wildman–Crippen MR) is 75.0 cm³/mol. The first-order chi connectivity index (χ1) is 9.78. The second-order valence-corrected chi connectivity index (χ2v) is 6.28. The van der Waals surface area contributed by atoms with Gasteiger partial charge in [-0.2, -0.15) is 3.97 Å². The molecule has 2 aromatic rings. The normalized spacial score (nSPS) is 11.4. The second-order valence-electron chi connectivity index (χ2n) is 4.47. The van der Waals surface area contributed by atoms with E-state index in [2.05, 4.69) is 4.74 Å². The van der Waals surface area contributed by atoms with Crippen molar-refractivity contribution >= 4 is 16.1 Å². The Morgan fingerprint density at radius 3 is 2.38 bits per heavy atom. The van der Waals surface area contributed by atoms with Crippen LogP contribution in [0.4, 0.5) is 4.79 Å². The summed E-state index contributed by atoms with van der Waals surface area (Å²) in [7, 11) is -2.95. The first kappa shape index (κ1) is 15.0. The van der Waals surface area contributed by atoms with E-state index in [1.54, 1.807) is 13.0 Å². The zero-order chi connectivity index (χ0) is 15.8. The molecule has 0 radical (unpaired) electrons. The van der Waals surface area contributed by atoms with Gasteiger partial charge in [0.05, 0.1) is 12.0 Å². The van der Waals surface area contributed by atoms with Gasteiger partial charge in [0, 0.05) is 12.4 Å². The topological polar surface area (TPSA) is 87.4 Å². The summed E-state index contributed by atoms with van der Waals surface area (Å²) in [4.78, 5) is 23.3. The van der Waals surface area contributed by atoms with Gasteiger partial charge in [-0.1, -0.05) is 6.07 Å². The molecular formula is C13H14N2O5S. The van der Waals surface area contributed by atoms with Crippen molar-refractivity contribution in [1.82, 2.24) is 8.54 Å². The van der Waals surface area contributed by atoms with Gasteiger partial charge in [0.1, 0.15) is 0 Å². The lowest BCUT2D eigenvalue weighted by molar-refractivity contribution is 0.172. The third-order valence-corrected chi connectivity index (χ3v) is 4.80. The molecule has 1 aromatic carbocycles. The van der Waals surface area contributed by atoms with Crippen molar-refractivity contribution < 1.29 is 17.9 Å². The van der Waals surface area contributed by atoms with Crippen molar-refractivity contribution in [2.24, 2.45) is 0 Å². The summed E-state index contributed by atoms with van der Waals surface area (Å²) >= 11 is 0. The van der Waals surface area contributed by atoms with Gasteiger partial charge >= 0.3 is 11.8 Å². The molecule has 0 unspecified atom stereocenters. The molecule has 0 N–H and O–H groups in total. The van der Waals surface area contributed by atoms with Crippen molar-refractivity contribution in [3.8, 4) is 0 Å². The molecule has 0 aliphatic rings. The van der Waals surface area contributed by atoms with Gasteiger partial charge < -0.3 is 4.74 Å². The lowest BCUT2D eigenvalue weighted by Gasteiger charge is -2.07. The number of rotatable bonds is 2. The summed E-state index contributed by atoms with van der Waals surface area (Å²) in [6.45, 7) is 3.63. The number of hydrogen-bond donors (Lipinski definition) is 0. The first-order valence-corrected chi connectivity index (χ1v) is 7.44. The Morgan fingerprint density at radius 2 is 1.81 bits per heavy atom. The quantitative estimate of drug-likeness (QED) is 0.829. The Morgan fingerprint density at radius 1 is 1.14 bits per heavy atom. The van der Waals surface area contributed by atoms with Crippen LogP contribution in [0.2, 0.25) is 0 Å². The van der Waals surface area contributed by atoms with Crippen LogP contribution in [0.3, 0.4) is 0 Å². The fourth-order valence-corrected chi connectivity index (χ4v) is 3.07. The third kappa shape index (κ3) is 2.49. The summed E-state index contributed by atoms with van der Waals surface area (Å²) in [5.41, 5.74) is 0.727. The van der Waals surface area contributed by atoms with Crippen LogP contribution >= 0.6 is 0 Å². The number of hydrogen-bond acceptors (Lipinski definition) is 5. The summed E-state index contributed by atoms with van der Waals surface area (Å²) in [5, 5.41) is 0. The van der Waals surface area contributed by atoms with Gasteiger partial charge in [0.25, 0.3) is 10.0 Å². The lowest BCUT2D eigenvalue weighted by Crippen LogP contribution is -2.32. The Kier molecular flexibility index (Phi) is 3.73. The number of aryl methyl sites for hydroxylation is 2. The highest BCUT2D eigenvalue weighted by Gasteiger charge is 2.22. The van der Waals surface area contributed by atoms with E-state index in [1.165, 1.54) is 12.1 Å². The Balaban J connectivity index is 2.60. The summed E-state index contributed by atoms with van der Waals surface area (Å²) < 4.78 is 30.4. The molecule has 0 atom stereocenters. The van der Waals surface area contributed by atoms with Crippen LogP contribution in [0.15, 0.2) is 40.3 Å². The molecule has 0 aliphatic heterocycles. The highest BCUT2D eigenvalue weighted by Crippen LogP contribution is 2.16. The van der Waals surface area contributed by atoms with E-state index < -0.39 is 21.8 Å². The molecule has 2 rings (SSSR count). The van der Waals surface area contributed by atoms with Gasteiger partial charge in [0.15, 0.2) is 0 Å². The van der Waals surface area contributed by atoms with Crippen LogP contribution in [-0.4, -0.2) is 30.2 Å².